The lowest BCUT2D eigenvalue weighted by Gasteiger charge is -2.15. The van der Waals surface area contributed by atoms with Gasteiger partial charge in [-0.25, -0.2) is 0 Å². The van der Waals surface area contributed by atoms with Crippen molar-refractivity contribution in [1.29, 1.82) is 0 Å². The van der Waals surface area contributed by atoms with E-state index in [2.05, 4.69) is 15.2 Å². The number of benzene rings is 1. The molecule has 4 rings (SSSR count). The number of hydrogen-bond acceptors (Lipinski definition) is 6. The molecule has 1 aliphatic rings. The number of rotatable bonds is 6. The van der Waals surface area contributed by atoms with Gasteiger partial charge in [0.25, 0.3) is 0 Å². The van der Waals surface area contributed by atoms with Gasteiger partial charge in [-0.1, -0.05) is 23.9 Å². The van der Waals surface area contributed by atoms with Crippen LogP contribution in [0.4, 0.5) is 0 Å². The summed E-state index contributed by atoms with van der Waals surface area (Å²) in [5.41, 5.74) is 1.76. The highest BCUT2D eigenvalue weighted by Crippen LogP contribution is 2.37. The van der Waals surface area contributed by atoms with Gasteiger partial charge >= 0.3 is 0 Å². The van der Waals surface area contributed by atoms with E-state index in [1.807, 2.05) is 47.9 Å². The maximum Gasteiger partial charge on any atom is 0.196 e. The Bertz CT molecular complexity index is 942. The van der Waals surface area contributed by atoms with E-state index in [0.29, 0.717) is 31.1 Å². The summed E-state index contributed by atoms with van der Waals surface area (Å²) in [6, 6.07) is 11.7. The molecule has 0 amide bonds. The number of hydrogen-bond donors (Lipinski definition) is 0. The van der Waals surface area contributed by atoms with Crippen LogP contribution in [0.15, 0.2) is 53.9 Å². The first-order chi connectivity index (χ1) is 13.3. The van der Waals surface area contributed by atoms with E-state index in [1.54, 1.807) is 24.2 Å². The minimum Gasteiger partial charge on any atom is -0.492 e. The molecule has 3 aromatic rings. The molecule has 0 unspecified atom stereocenters. The van der Waals surface area contributed by atoms with Crippen molar-refractivity contribution in [3.63, 3.8) is 0 Å². The molecule has 6 nitrogen and oxygen atoms in total. The molecular weight excluding hydrogens is 360 g/mol. The van der Waals surface area contributed by atoms with Gasteiger partial charge in [-0.3, -0.25) is 14.3 Å². The van der Waals surface area contributed by atoms with Gasteiger partial charge in [-0.15, -0.1) is 10.2 Å². The Labute approximate surface area is 162 Å². The lowest BCUT2D eigenvalue weighted by Crippen LogP contribution is -2.06. The zero-order valence-electron chi connectivity index (χ0n) is 15.0. The van der Waals surface area contributed by atoms with Crippen molar-refractivity contribution in [2.24, 2.45) is 0 Å². The lowest BCUT2D eigenvalue weighted by molar-refractivity contribution is -0.117. The fraction of sp³-hybridized carbons (Fsp3) is 0.300. The summed E-state index contributed by atoms with van der Waals surface area (Å²) in [4.78, 5) is 15.9. The molecule has 0 radical (unpaired) electrons. The summed E-state index contributed by atoms with van der Waals surface area (Å²) in [5, 5.41) is 9.88. The molecular formula is C20H20N4O2S. The zero-order chi connectivity index (χ0) is 18.6. The molecule has 7 heteroatoms. The van der Waals surface area contributed by atoms with Gasteiger partial charge in [0.05, 0.1) is 12.3 Å². The van der Waals surface area contributed by atoms with Gasteiger partial charge in [-0.05, 0) is 37.6 Å². The first kappa shape index (κ1) is 17.7. The van der Waals surface area contributed by atoms with Gasteiger partial charge in [0, 0.05) is 36.0 Å². The van der Waals surface area contributed by atoms with Gasteiger partial charge in [0.1, 0.15) is 11.5 Å². The Morgan fingerprint density at radius 1 is 1.22 bits per heavy atom. The van der Waals surface area contributed by atoms with Crippen LogP contribution in [-0.4, -0.2) is 37.4 Å². The third kappa shape index (κ3) is 3.73. The average molecular weight is 380 g/mol. The monoisotopic (exact) mass is 380 g/mol. The second-order valence-corrected chi connectivity index (χ2v) is 7.57. The molecule has 1 saturated carbocycles. The highest BCUT2D eigenvalue weighted by molar-refractivity contribution is 7.99. The largest absolute Gasteiger partial charge is 0.492 e. The third-order valence-corrected chi connectivity index (χ3v) is 5.64. The van der Waals surface area contributed by atoms with Crippen LogP contribution >= 0.6 is 11.8 Å². The van der Waals surface area contributed by atoms with Crippen molar-refractivity contribution >= 4 is 17.5 Å². The Morgan fingerprint density at radius 2 is 2.11 bits per heavy atom. The summed E-state index contributed by atoms with van der Waals surface area (Å²) in [7, 11) is 0. The topological polar surface area (TPSA) is 69.9 Å². The number of Topliss-reactive ketones (excluding diaryl/α,β-unsaturated/α-hetero) is 1. The molecule has 1 aliphatic carbocycles. The van der Waals surface area contributed by atoms with Gasteiger partial charge in [-0.2, -0.15) is 0 Å². The maximum atomic E-state index is 11.7. The van der Waals surface area contributed by atoms with Crippen LogP contribution in [-0.2, 0) is 4.79 Å². The van der Waals surface area contributed by atoms with Crippen molar-refractivity contribution in [2.45, 2.75) is 36.6 Å². The molecule has 1 fully saturated rings. The van der Waals surface area contributed by atoms with Crippen LogP contribution in [0.2, 0.25) is 0 Å². The Balaban J connectivity index is 1.81. The van der Waals surface area contributed by atoms with Gasteiger partial charge < -0.3 is 4.74 Å². The standard InChI is InChI=1S/C20H20N4O2S/c1-2-26-18-8-4-3-7-17(18)24-19(14-6-5-11-21-13-14)22-23-20(24)27-16-10-9-15(25)12-16/h3-8,11,13,16H,2,9-10,12H2,1H3/t16-/m0/s1. The molecule has 0 saturated heterocycles. The minimum absolute atomic E-state index is 0.237. The number of carbonyl (C=O) groups excluding carboxylic acids is 1. The van der Waals surface area contributed by atoms with Crippen LogP contribution in [0.5, 0.6) is 5.75 Å². The highest BCUT2D eigenvalue weighted by Gasteiger charge is 2.27. The average Bonchev–Trinajstić information content (AvgIpc) is 3.30. The predicted molar refractivity (Wildman–Crippen MR) is 104 cm³/mol. The Morgan fingerprint density at radius 3 is 2.85 bits per heavy atom. The number of thioether (sulfide) groups is 1. The van der Waals surface area contributed by atoms with E-state index in [9.17, 15) is 4.79 Å². The number of aromatic nitrogens is 4. The van der Waals surface area contributed by atoms with Crippen molar-refractivity contribution in [2.75, 3.05) is 6.61 Å². The normalized spacial score (nSPS) is 16.6. The smallest absolute Gasteiger partial charge is 0.196 e. The van der Waals surface area contributed by atoms with Gasteiger partial charge in [0.2, 0.25) is 0 Å². The van der Waals surface area contributed by atoms with E-state index < -0.39 is 0 Å². The fourth-order valence-corrected chi connectivity index (χ4v) is 4.38. The predicted octanol–water partition coefficient (Wildman–Crippen LogP) is 3.94. The van der Waals surface area contributed by atoms with Crippen LogP contribution in [0, 0.1) is 0 Å². The maximum absolute atomic E-state index is 11.7. The van der Waals surface area contributed by atoms with Crippen molar-refractivity contribution in [3.8, 4) is 22.8 Å². The molecule has 2 heterocycles. The Kier molecular flexibility index (Phi) is 5.20. The van der Waals surface area contributed by atoms with Crippen molar-refractivity contribution in [1.82, 2.24) is 19.7 Å². The van der Waals surface area contributed by atoms with Crippen LogP contribution < -0.4 is 4.74 Å². The Hall–Kier alpha value is -2.67. The van der Waals surface area contributed by atoms with Crippen LogP contribution in [0.1, 0.15) is 26.2 Å². The molecule has 27 heavy (non-hydrogen) atoms. The fourth-order valence-electron chi connectivity index (χ4n) is 3.19. The molecule has 138 valence electrons. The number of nitrogens with zero attached hydrogens (tertiary/aromatic N) is 4. The first-order valence-electron chi connectivity index (χ1n) is 9.02. The molecule has 1 aromatic carbocycles. The SMILES string of the molecule is CCOc1ccccc1-n1c(S[C@H]2CCC(=O)C2)nnc1-c1cccnc1. The zero-order valence-corrected chi connectivity index (χ0v) is 15.9. The highest BCUT2D eigenvalue weighted by atomic mass is 32.2. The van der Waals surface area contributed by atoms with Gasteiger partial charge in [0.15, 0.2) is 11.0 Å². The second kappa shape index (κ2) is 7.92. The molecule has 0 bridgehead atoms. The molecule has 0 aliphatic heterocycles. The van der Waals surface area contributed by atoms with Crippen LogP contribution in [0.25, 0.3) is 17.1 Å². The molecule has 1 atom stereocenters. The van der Waals surface area contributed by atoms with E-state index in [4.69, 9.17) is 4.74 Å². The first-order valence-corrected chi connectivity index (χ1v) is 9.90. The molecule has 0 N–H and O–H groups in total. The van der Waals surface area contributed by atoms with Crippen molar-refractivity contribution in [3.05, 3.63) is 48.8 Å². The lowest BCUT2D eigenvalue weighted by atomic mass is 10.2. The van der Waals surface area contributed by atoms with E-state index in [1.165, 1.54) is 0 Å². The third-order valence-electron chi connectivity index (χ3n) is 4.43. The second-order valence-electron chi connectivity index (χ2n) is 6.31. The summed E-state index contributed by atoms with van der Waals surface area (Å²) in [6.45, 7) is 2.53. The summed E-state index contributed by atoms with van der Waals surface area (Å²) < 4.78 is 7.85. The number of ketones is 1. The number of carbonyl (C=O) groups is 1. The minimum atomic E-state index is 0.237. The van der Waals surface area contributed by atoms with E-state index in [-0.39, 0.29) is 5.25 Å². The molecule has 0 spiro atoms. The van der Waals surface area contributed by atoms with E-state index in [0.717, 1.165) is 28.6 Å². The van der Waals surface area contributed by atoms with Crippen molar-refractivity contribution < 1.29 is 9.53 Å². The quantitative estimate of drug-likeness (QED) is 0.645. The number of ether oxygens (including phenoxy) is 1. The summed E-state index contributed by atoms with van der Waals surface area (Å²) >= 11 is 1.61. The number of pyridine rings is 1. The number of para-hydroxylation sites is 2. The summed E-state index contributed by atoms with van der Waals surface area (Å²) in [5.74, 6) is 1.80. The summed E-state index contributed by atoms with van der Waals surface area (Å²) in [6.07, 6.45) is 5.63. The van der Waals surface area contributed by atoms with Crippen LogP contribution in [0.3, 0.4) is 0 Å². The van der Waals surface area contributed by atoms with E-state index >= 15 is 0 Å². The molecule has 2 aromatic heterocycles.